The quantitative estimate of drug-likeness (QED) is 0.405. The minimum atomic E-state index is -0.334. The normalized spacial score (nSPS) is 10.7. The van der Waals surface area contributed by atoms with Crippen LogP contribution in [0.3, 0.4) is 0 Å². The van der Waals surface area contributed by atoms with Crippen LogP contribution in [-0.4, -0.2) is 20.8 Å². The van der Waals surface area contributed by atoms with Crippen molar-refractivity contribution < 1.29 is 13.6 Å². The Morgan fingerprint density at radius 2 is 1.68 bits per heavy atom. The lowest BCUT2D eigenvalue weighted by Crippen LogP contribution is -2.30. The van der Waals surface area contributed by atoms with Crippen molar-refractivity contribution in [1.82, 2.24) is 14.9 Å². The third kappa shape index (κ3) is 5.42. The molecule has 0 atom stereocenters. The van der Waals surface area contributed by atoms with Crippen LogP contribution in [0, 0.1) is 5.82 Å². The monoisotopic (exact) mass is 415 g/mol. The Morgan fingerprint density at radius 1 is 0.871 bits per heavy atom. The van der Waals surface area contributed by atoms with Gasteiger partial charge in [0.2, 0.25) is 5.91 Å². The molecule has 1 aromatic carbocycles. The fourth-order valence-corrected chi connectivity index (χ4v) is 3.36. The van der Waals surface area contributed by atoms with Gasteiger partial charge in [-0.05, 0) is 53.6 Å². The lowest BCUT2D eigenvalue weighted by molar-refractivity contribution is -0.132. The van der Waals surface area contributed by atoms with Crippen molar-refractivity contribution in [3.8, 4) is 11.3 Å². The van der Waals surface area contributed by atoms with Crippen LogP contribution < -0.4 is 0 Å². The Hall–Kier alpha value is -3.80. The van der Waals surface area contributed by atoms with Gasteiger partial charge < -0.3 is 9.32 Å². The fraction of sp³-hybridized carbons (Fsp3) is 0.160. The van der Waals surface area contributed by atoms with Gasteiger partial charge in [0.15, 0.2) is 0 Å². The summed E-state index contributed by atoms with van der Waals surface area (Å²) in [5.74, 6) is 0.783. The summed E-state index contributed by atoms with van der Waals surface area (Å²) in [6, 6.07) is 17.6. The smallest absolute Gasteiger partial charge is 0.223 e. The standard InChI is InChI=1S/C25H22FN3O2/c26-23-6-2-1-5-22(23)24-9-7-21(31-24)8-10-25(30)29(17-19-11-14-27-15-12-19)18-20-4-3-13-28-16-20/h1-7,9,11-16H,8,10,17-18H2. The van der Waals surface area contributed by atoms with Crippen molar-refractivity contribution in [3.63, 3.8) is 0 Å². The first-order valence-corrected chi connectivity index (χ1v) is 10.1. The maximum absolute atomic E-state index is 14.0. The summed E-state index contributed by atoms with van der Waals surface area (Å²) in [6.45, 7) is 0.947. The molecule has 0 fully saturated rings. The third-order valence-electron chi connectivity index (χ3n) is 4.96. The van der Waals surface area contributed by atoms with E-state index in [4.69, 9.17) is 4.42 Å². The SMILES string of the molecule is O=C(CCc1ccc(-c2ccccc2F)o1)N(Cc1ccncc1)Cc1cccnc1. The van der Waals surface area contributed by atoms with E-state index in [2.05, 4.69) is 9.97 Å². The highest BCUT2D eigenvalue weighted by Gasteiger charge is 2.16. The van der Waals surface area contributed by atoms with Crippen molar-refractivity contribution >= 4 is 5.91 Å². The van der Waals surface area contributed by atoms with Crippen LogP contribution in [0.15, 0.2) is 89.9 Å². The second-order valence-corrected chi connectivity index (χ2v) is 7.21. The Kier molecular flexibility index (Phi) is 6.47. The van der Waals surface area contributed by atoms with E-state index in [1.807, 2.05) is 24.3 Å². The Morgan fingerprint density at radius 3 is 2.45 bits per heavy atom. The molecule has 5 nitrogen and oxygen atoms in total. The van der Waals surface area contributed by atoms with E-state index < -0.39 is 0 Å². The molecule has 0 saturated heterocycles. The lowest BCUT2D eigenvalue weighted by Gasteiger charge is -2.23. The lowest BCUT2D eigenvalue weighted by atomic mass is 10.1. The number of pyridine rings is 2. The average molecular weight is 415 g/mol. The molecule has 3 aromatic heterocycles. The van der Waals surface area contributed by atoms with E-state index >= 15 is 0 Å². The number of aromatic nitrogens is 2. The first-order chi connectivity index (χ1) is 15.2. The van der Waals surface area contributed by atoms with Gasteiger partial charge in [-0.25, -0.2) is 4.39 Å². The van der Waals surface area contributed by atoms with Crippen molar-refractivity contribution in [2.45, 2.75) is 25.9 Å². The van der Waals surface area contributed by atoms with Crippen LogP contribution in [0.5, 0.6) is 0 Å². The highest BCUT2D eigenvalue weighted by molar-refractivity contribution is 5.76. The molecular weight excluding hydrogens is 393 g/mol. The van der Waals surface area contributed by atoms with Gasteiger partial charge in [-0.15, -0.1) is 0 Å². The molecule has 6 heteroatoms. The molecule has 0 unspecified atom stereocenters. The van der Waals surface area contributed by atoms with E-state index in [9.17, 15) is 9.18 Å². The molecule has 0 aliphatic carbocycles. The largest absolute Gasteiger partial charge is 0.461 e. The summed E-state index contributed by atoms with van der Waals surface area (Å²) < 4.78 is 19.8. The predicted octanol–water partition coefficient (Wildman–Crippen LogP) is 5.04. The zero-order valence-electron chi connectivity index (χ0n) is 16.9. The van der Waals surface area contributed by atoms with Gasteiger partial charge in [-0.2, -0.15) is 0 Å². The summed E-state index contributed by atoms with van der Waals surface area (Å²) >= 11 is 0. The second kappa shape index (κ2) is 9.80. The number of carbonyl (C=O) groups excluding carboxylic acids is 1. The molecule has 0 spiro atoms. The van der Waals surface area contributed by atoms with Crippen molar-refractivity contribution in [2.24, 2.45) is 0 Å². The van der Waals surface area contributed by atoms with E-state index in [0.29, 0.717) is 36.6 Å². The van der Waals surface area contributed by atoms with Crippen LogP contribution in [0.1, 0.15) is 23.3 Å². The number of nitrogens with zero attached hydrogens (tertiary/aromatic N) is 3. The Balaban J connectivity index is 1.44. The highest BCUT2D eigenvalue weighted by atomic mass is 19.1. The van der Waals surface area contributed by atoms with Gasteiger partial charge in [0.05, 0.1) is 5.56 Å². The molecule has 3 heterocycles. The Bertz CT molecular complexity index is 1090. The van der Waals surface area contributed by atoms with Gasteiger partial charge in [-0.3, -0.25) is 14.8 Å². The maximum Gasteiger partial charge on any atom is 0.223 e. The summed E-state index contributed by atoms with van der Waals surface area (Å²) in [7, 11) is 0. The zero-order valence-corrected chi connectivity index (χ0v) is 16.9. The summed E-state index contributed by atoms with van der Waals surface area (Å²) in [4.78, 5) is 23.0. The maximum atomic E-state index is 14.0. The molecular formula is C25H22FN3O2. The number of carbonyl (C=O) groups is 1. The number of benzene rings is 1. The molecule has 0 radical (unpaired) electrons. The minimum absolute atomic E-state index is 0.00417. The minimum Gasteiger partial charge on any atom is -0.461 e. The molecule has 0 saturated carbocycles. The first-order valence-electron chi connectivity index (χ1n) is 10.1. The number of hydrogen-bond acceptors (Lipinski definition) is 4. The van der Waals surface area contributed by atoms with Gasteiger partial charge in [0, 0.05) is 50.7 Å². The highest BCUT2D eigenvalue weighted by Crippen LogP contribution is 2.25. The van der Waals surface area contributed by atoms with Crippen LogP contribution >= 0.6 is 0 Å². The molecule has 156 valence electrons. The van der Waals surface area contributed by atoms with Crippen LogP contribution in [0.25, 0.3) is 11.3 Å². The van der Waals surface area contributed by atoms with Crippen LogP contribution in [-0.2, 0) is 24.3 Å². The zero-order chi connectivity index (χ0) is 21.5. The summed E-state index contributed by atoms with van der Waals surface area (Å²) in [5.41, 5.74) is 2.38. The number of furan rings is 1. The molecule has 0 bridgehead atoms. The summed E-state index contributed by atoms with van der Waals surface area (Å²) in [5, 5.41) is 0. The molecule has 0 aliphatic rings. The third-order valence-corrected chi connectivity index (χ3v) is 4.96. The van der Waals surface area contributed by atoms with E-state index in [0.717, 1.165) is 11.1 Å². The van der Waals surface area contributed by atoms with Crippen molar-refractivity contribution in [2.75, 3.05) is 0 Å². The van der Waals surface area contributed by atoms with Gasteiger partial charge in [0.25, 0.3) is 0 Å². The van der Waals surface area contributed by atoms with Gasteiger partial charge in [0.1, 0.15) is 17.3 Å². The number of amides is 1. The molecule has 4 rings (SSSR count). The van der Waals surface area contributed by atoms with E-state index in [1.54, 1.807) is 60.0 Å². The van der Waals surface area contributed by atoms with Crippen molar-refractivity contribution in [1.29, 1.82) is 0 Å². The van der Waals surface area contributed by atoms with Gasteiger partial charge >= 0.3 is 0 Å². The van der Waals surface area contributed by atoms with E-state index in [-0.39, 0.29) is 18.1 Å². The van der Waals surface area contributed by atoms with Crippen LogP contribution in [0.4, 0.5) is 4.39 Å². The molecule has 1 amide bonds. The number of rotatable bonds is 8. The molecule has 0 N–H and O–H groups in total. The topological polar surface area (TPSA) is 59.2 Å². The fourth-order valence-electron chi connectivity index (χ4n) is 3.36. The Labute approximate surface area is 180 Å². The predicted molar refractivity (Wildman–Crippen MR) is 115 cm³/mol. The number of aryl methyl sites for hydroxylation is 1. The molecule has 31 heavy (non-hydrogen) atoms. The first kappa shape index (κ1) is 20.5. The average Bonchev–Trinajstić information content (AvgIpc) is 3.27. The van der Waals surface area contributed by atoms with Crippen molar-refractivity contribution in [3.05, 3.63) is 108 Å². The van der Waals surface area contributed by atoms with E-state index in [1.165, 1.54) is 6.07 Å². The second-order valence-electron chi connectivity index (χ2n) is 7.21. The molecule has 4 aromatic rings. The molecule has 0 aliphatic heterocycles. The van der Waals surface area contributed by atoms with Gasteiger partial charge in [-0.1, -0.05) is 18.2 Å². The number of halogens is 1. The number of hydrogen-bond donors (Lipinski definition) is 0. The summed E-state index contributed by atoms with van der Waals surface area (Å²) in [6.07, 6.45) is 7.63. The van der Waals surface area contributed by atoms with Crippen LogP contribution in [0.2, 0.25) is 0 Å².